The van der Waals surface area contributed by atoms with Crippen molar-refractivity contribution in [2.24, 2.45) is 5.92 Å². The lowest BCUT2D eigenvalue weighted by atomic mass is 9.84. The molecule has 0 N–H and O–H groups in total. The molecule has 25 heavy (non-hydrogen) atoms. The van der Waals surface area contributed by atoms with Crippen LogP contribution in [0.4, 0.5) is 0 Å². The van der Waals surface area contributed by atoms with Gasteiger partial charge in [0, 0.05) is 51.0 Å². The van der Waals surface area contributed by atoms with Crippen LogP contribution in [0.3, 0.4) is 0 Å². The van der Waals surface area contributed by atoms with Gasteiger partial charge in [-0.25, -0.2) is 0 Å². The lowest BCUT2D eigenvalue weighted by molar-refractivity contribution is -0.140. The highest BCUT2D eigenvalue weighted by atomic mass is 16.2. The molecule has 132 valence electrons. The third-order valence-corrected chi connectivity index (χ3v) is 5.54. The van der Waals surface area contributed by atoms with Crippen LogP contribution in [0.1, 0.15) is 30.4 Å². The molecule has 5 heteroatoms. The summed E-state index contributed by atoms with van der Waals surface area (Å²) in [5, 5.41) is 4.32. The van der Waals surface area contributed by atoms with Gasteiger partial charge in [-0.2, -0.15) is 5.10 Å². The Kier molecular flexibility index (Phi) is 4.83. The number of carbonyl (C=O) groups excluding carboxylic acids is 1. The minimum Gasteiger partial charge on any atom is -0.340 e. The van der Waals surface area contributed by atoms with E-state index in [0.29, 0.717) is 11.8 Å². The molecule has 1 aliphatic heterocycles. The summed E-state index contributed by atoms with van der Waals surface area (Å²) < 4.78 is 1.97. The first-order valence-electron chi connectivity index (χ1n) is 9.35. The van der Waals surface area contributed by atoms with Gasteiger partial charge >= 0.3 is 0 Å². The zero-order chi connectivity index (χ0) is 17.1. The predicted octanol–water partition coefficient (Wildman–Crippen LogP) is 2.38. The van der Waals surface area contributed by atoms with Gasteiger partial charge in [0.05, 0.1) is 6.54 Å². The molecule has 2 fully saturated rings. The van der Waals surface area contributed by atoms with E-state index in [2.05, 4.69) is 39.2 Å². The summed E-state index contributed by atoms with van der Waals surface area (Å²) in [5.74, 6) is 0.714. The van der Waals surface area contributed by atoms with E-state index in [1.165, 1.54) is 17.5 Å². The number of piperazine rings is 1. The van der Waals surface area contributed by atoms with Gasteiger partial charge in [-0.3, -0.25) is 14.4 Å². The quantitative estimate of drug-likeness (QED) is 0.840. The molecule has 0 spiro atoms. The normalized spacial score (nSPS) is 19.0. The van der Waals surface area contributed by atoms with Crippen molar-refractivity contribution in [1.82, 2.24) is 19.6 Å². The number of hydrogen-bond acceptors (Lipinski definition) is 3. The molecular formula is C20H26N4O. The third-order valence-electron chi connectivity index (χ3n) is 5.54. The Labute approximate surface area is 149 Å². The third kappa shape index (κ3) is 3.76. The van der Waals surface area contributed by atoms with E-state index in [9.17, 15) is 4.79 Å². The molecular weight excluding hydrogens is 312 g/mol. The number of rotatable bonds is 5. The summed E-state index contributed by atoms with van der Waals surface area (Å²) in [7, 11) is 0. The lowest BCUT2D eigenvalue weighted by Gasteiger charge is -2.38. The van der Waals surface area contributed by atoms with Crippen LogP contribution in [0.25, 0.3) is 0 Å². The van der Waals surface area contributed by atoms with Crippen molar-refractivity contribution < 1.29 is 4.79 Å². The monoisotopic (exact) mass is 338 g/mol. The summed E-state index contributed by atoms with van der Waals surface area (Å²) in [4.78, 5) is 16.9. The SMILES string of the molecule is O=C(C1CCC1)N1CCN(Cc2ccccc2Cn2cccn2)CC1. The Morgan fingerprint density at radius 3 is 2.32 bits per heavy atom. The van der Waals surface area contributed by atoms with Gasteiger partial charge in [0.1, 0.15) is 0 Å². The molecule has 0 unspecified atom stereocenters. The van der Waals surface area contributed by atoms with Gasteiger partial charge in [0.15, 0.2) is 0 Å². The van der Waals surface area contributed by atoms with Crippen LogP contribution in [0, 0.1) is 5.92 Å². The molecule has 5 nitrogen and oxygen atoms in total. The van der Waals surface area contributed by atoms with Gasteiger partial charge in [-0.05, 0) is 30.0 Å². The molecule has 0 atom stereocenters. The number of amides is 1. The number of aromatic nitrogens is 2. The maximum Gasteiger partial charge on any atom is 0.225 e. The molecule has 2 aromatic rings. The van der Waals surface area contributed by atoms with Gasteiger partial charge < -0.3 is 4.90 Å². The second-order valence-corrected chi connectivity index (χ2v) is 7.20. The summed E-state index contributed by atoms with van der Waals surface area (Å²) in [6.45, 7) is 5.43. The summed E-state index contributed by atoms with van der Waals surface area (Å²) >= 11 is 0. The van der Waals surface area contributed by atoms with Crippen molar-refractivity contribution in [2.45, 2.75) is 32.4 Å². The highest BCUT2D eigenvalue weighted by Gasteiger charge is 2.31. The number of hydrogen-bond donors (Lipinski definition) is 0. The van der Waals surface area contributed by atoms with E-state index >= 15 is 0 Å². The second-order valence-electron chi connectivity index (χ2n) is 7.20. The average Bonchev–Trinajstić information content (AvgIpc) is 3.09. The van der Waals surface area contributed by atoms with Crippen molar-refractivity contribution in [2.75, 3.05) is 26.2 Å². The van der Waals surface area contributed by atoms with Crippen molar-refractivity contribution in [1.29, 1.82) is 0 Å². The number of nitrogens with zero attached hydrogens (tertiary/aromatic N) is 4. The van der Waals surface area contributed by atoms with Gasteiger partial charge in [-0.15, -0.1) is 0 Å². The van der Waals surface area contributed by atoms with Gasteiger partial charge in [0.25, 0.3) is 0 Å². The molecule has 4 rings (SSSR count). The van der Waals surface area contributed by atoms with Gasteiger partial charge in [0.2, 0.25) is 5.91 Å². The number of benzene rings is 1. The molecule has 1 amide bonds. The van der Waals surface area contributed by atoms with Crippen LogP contribution in [0.15, 0.2) is 42.7 Å². The molecule has 2 heterocycles. The van der Waals surface area contributed by atoms with Crippen LogP contribution in [0.2, 0.25) is 0 Å². The fraction of sp³-hybridized carbons (Fsp3) is 0.500. The molecule has 1 saturated heterocycles. The van der Waals surface area contributed by atoms with E-state index < -0.39 is 0 Å². The Bertz CT molecular complexity index is 700. The van der Waals surface area contributed by atoms with E-state index in [-0.39, 0.29) is 0 Å². The summed E-state index contributed by atoms with van der Waals surface area (Å²) in [6.07, 6.45) is 7.24. The van der Waals surface area contributed by atoms with Gasteiger partial charge in [-0.1, -0.05) is 30.7 Å². The Morgan fingerprint density at radius 2 is 1.72 bits per heavy atom. The van der Waals surface area contributed by atoms with Crippen molar-refractivity contribution >= 4 is 5.91 Å². The molecule has 0 bridgehead atoms. The lowest BCUT2D eigenvalue weighted by Crippen LogP contribution is -2.50. The average molecular weight is 338 g/mol. The first kappa shape index (κ1) is 16.3. The first-order valence-corrected chi connectivity index (χ1v) is 9.35. The first-order chi connectivity index (χ1) is 12.3. The van der Waals surface area contributed by atoms with Crippen LogP contribution in [0.5, 0.6) is 0 Å². The Hall–Kier alpha value is -2.14. The summed E-state index contributed by atoms with van der Waals surface area (Å²) in [5.41, 5.74) is 2.68. The molecule has 1 aromatic carbocycles. The van der Waals surface area contributed by atoms with E-state index in [4.69, 9.17) is 0 Å². The zero-order valence-corrected chi connectivity index (χ0v) is 14.7. The highest BCUT2D eigenvalue weighted by molar-refractivity contribution is 5.79. The zero-order valence-electron chi connectivity index (χ0n) is 14.7. The Morgan fingerprint density at radius 1 is 1.00 bits per heavy atom. The van der Waals surface area contributed by atoms with E-state index in [1.54, 1.807) is 0 Å². The summed E-state index contributed by atoms with van der Waals surface area (Å²) in [6, 6.07) is 10.6. The molecule has 1 saturated carbocycles. The van der Waals surface area contributed by atoms with E-state index in [0.717, 1.165) is 52.1 Å². The largest absolute Gasteiger partial charge is 0.340 e. The highest BCUT2D eigenvalue weighted by Crippen LogP contribution is 2.28. The van der Waals surface area contributed by atoms with Crippen molar-refractivity contribution in [3.8, 4) is 0 Å². The standard InChI is InChI=1S/C20H26N4O/c25-20(17-7-3-8-17)23-13-11-22(12-14-23)15-18-5-1-2-6-19(18)16-24-10-4-9-21-24/h1-2,4-6,9-10,17H,3,7-8,11-16H2. The fourth-order valence-corrected chi connectivity index (χ4v) is 3.72. The predicted molar refractivity (Wildman–Crippen MR) is 97.0 cm³/mol. The topological polar surface area (TPSA) is 41.4 Å². The molecule has 1 aromatic heterocycles. The second kappa shape index (κ2) is 7.40. The molecule has 0 radical (unpaired) electrons. The maximum atomic E-state index is 12.4. The van der Waals surface area contributed by atoms with Crippen LogP contribution in [-0.2, 0) is 17.9 Å². The van der Waals surface area contributed by atoms with Crippen LogP contribution in [-0.4, -0.2) is 51.7 Å². The van der Waals surface area contributed by atoms with Crippen LogP contribution >= 0.6 is 0 Å². The fourth-order valence-electron chi connectivity index (χ4n) is 3.72. The van der Waals surface area contributed by atoms with Crippen molar-refractivity contribution in [3.05, 3.63) is 53.9 Å². The number of carbonyl (C=O) groups is 1. The van der Waals surface area contributed by atoms with Crippen LogP contribution < -0.4 is 0 Å². The molecule has 2 aliphatic rings. The minimum atomic E-state index is 0.321. The molecule has 1 aliphatic carbocycles. The maximum absolute atomic E-state index is 12.4. The van der Waals surface area contributed by atoms with Crippen molar-refractivity contribution in [3.63, 3.8) is 0 Å². The Balaban J connectivity index is 1.34. The van der Waals surface area contributed by atoms with E-state index in [1.807, 2.05) is 23.1 Å². The minimum absolute atomic E-state index is 0.321. The smallest absolute Gasteiger partial charge is 0.225 e.